The fourth-order valence-electron chi connectivity index (χ4n) is 0. The minimum absolute atomic E-state index is 0. The summed E-state index contributed by atoms with van der Waals surface area (Å²) in [5, 5.41) is 0. The number of hydrogen-bond donors (Lipinski definition) is 0. The van der Waals surface area contributed by atoms with Gasteiger partial charge in [-0.15, -0.1) is 0 Å². The molecule has 0 aliphatic carbocycles. The first-order valence-corrected chi connectivity index (χ1v) is 1.50. The van der Waals surface area contributed by atoms with Crippen molar-refractivity contribution in [2.75, 3.05) is 21.1 Å². The summed E-state index contributed by atoms with van der Waals surface area (Å²) in [7, 11) is 3.75. The van der Waals surface area contributed by atoms with Gasteiger partial charge in [-0.05, 0) is 0 Å². The van der Waals surface area contributed by atoms with E-state index in [4.69, 9.17) is 17.2 Å². The minimum atomic E-state index is 0. The third kappa shape index (κ3) is 263. The molecular weight excluding hydrogens is 169 g/mol. The molecule has 7 heavy (non-hydrogen) atoms. The molecule has 0 spiro atoms. The van der Waals surface area contributed by atoms with E-state index in [1.54, 1.807) is 0 Å². The molecule has 0 saturated heterocycles. The van der Waals surface area contributed by atoms with Crippen molar-refractivity contribution in [2.24, 2.45) is 0 Å². The van der Waals surface area contributed by atoms with Gasteiger partial charge in [0, 0.05) is 0 Å². The van der Waals surface area contributed by atoms with Crippen LogP contribution in [-0.4, -0.2) is 21.1 Å². The van der Waals surface area contributed by atoms with Crippen molar-refractivity contribution in [3.05, 3.63) is 17.2 Å². The van der Waals surface area contributed by atoms with Crippen molar-refractivity contribution in [1.82, 2.24) is 0 Å². The molecule has 0 aromatic carbocycles. The second kappa shape index (κ2) is 386. The predicted molar refractivity (Wildman–Crippen MR) is 30.7 cm³/mol. The standard InChI is InChI=1S/3CH4N.Zr/c3*1-2;/h3*2H,1H3;/q3*-1;+3. The van der Waals surface area contributed by atoms with Gasteiger partial charge >= 0.3 is 26.2 Å². The molecule has 0 aliphatic rings. The van der Waals surface area contributed by atoms with E-state index in [0.29, 0.717) is 0 Å². The van der Waals surface area contributed by atoms with Gasteiger partial charge in [0.1, 0.15) is 0 Å². The quantitative estimate of drug-likeness (QED) is 0.548. The summed E-state index contributed by atoms with van der Waals surface area (Å²) in [4.78, 5) is 0. The molecule has 0 heterocycles. The molecule has 0 unspecified atom stereocenters. The summed E-state index contributed by atoms with van der Waals surface area (Å²) < 4.78 is 0. The first kappa shape index (κ1) is 25.1. The number of rotatable bonds is 0. The van der Waals surface area contributed by atoms with Gasteiger partial charge < -0.3 is 17.2 Å². The Labute approximate surface area is 64.7 Å². The first-order chi connectivity index (χ1) is 3.00. The van der Waals surface area contributed by atoms with E-state index < -0.39 is 0 Å². The Morgan fingerprint density at radius 1 is 0.571 bits per heavy atom. The van der Waals surface area contributed by atoms with Gasteiger partial charge in [-0.25, -0.2) is 0 Å². The van der Waals surface area contributed by atoms with Gasteiger partial charge in [0.2, 0.25) is 0 Å². The maximum atomic E-state index is 5.75. The van der Waals surface area contributed by atoms with Crippen molar-refractivity contribution in [3.8, 4) is 0 Å². The third-order valence-electron chi connectivity index (χ3n) is 0. The Morgan fingerprint density at radius 2 is 0.571 bits per heavy atom. The molecule has 0 fully saturated rings. The Hall–Kier alpha value is 0.763. The molecule has 1 radical (unpaired) electrons. The summed E-state index contributed by atoms with van der Waals surface area (Å²) in [6.45, 7) is 0. The van der Waals surface area contributed by atoms with Crippen LogP contribution in [0.15, 0.2) is 0 Å². The molecule has 3 nitrogen and oxygen atoms in total. The van der Waals surface area contributed by atoms with Crippen LogP contribution in [0.4, 0.5) is 0 Å². The fourth-order valence-corrected chi connectivity index (χ4v) is 0. The van der Waals surface area contributed by atoms with Crippen LogP contribution in [0.3, 0.4) is 0 Å². The zero-order chi connectivity index (χ0) is 6.00. The Kier molecular flexibility index (Phi) is 1380. The van der Waals surface area contributed by atoms with Crippen molar-refractivity contribution < 1.29 is 26.2 Å². The zero-order valence-corrected chi connectivity index (χ0v) is 7.46. The van der Waals surface area contributed by atoms with E-state index in [-0.39, 0.29) is 26.2 Å². The zero-order valence-electron chi connectivity index (χ0n) is 5.00. The maximum absolute atomic E-state index is 5.75. The van der Waals surface area contributed by atoms with Crippen molar-refractivity contribution in [2.45, 2.75) is 0 Å². The van der Waals surface area contributed by atoms with Crippen LogP contribution in [0.2, 0.25) is 0 Å². The Morgan fingerprint density at radius 3 is 0.571 bits per heavy atom. The Bertz CT molecular complexity index is 10.1. The summed E-state index contributed by atoms with van der Waals surface area (Å²) >= 11 is 0. The average Bonchev–Trinajstić information content (AvgIpc) is 1.81. The molecule has 0 bridgehead atoms. The van der Waals surface area contributed by atoms with Gasteiger partial charge in [-0.2, -0.15) is 21.1 Å². The molecule has 0 amide bonds. The van der Waals surface area contributed by atoms with E-state index in [9.17, 15) is 0 Å². The van der Waals surface area contributed by atoms with E-state index in [1.165, 1.54) is 21.1 Å². The van der Waals surface area contributed by atoms with Crippen LogP contribution in [0.5, 0.6) is 0 Å². The van der Waals surface area contributed by atoms with E-state index >= 15 is 0 Å². The smallest absolute Gasteiger partial charge is 0.680 e. The molecule has 0 aliphatic heterocycles. The van der Waals surface area contributed by atoms with Crippen LogP contribution < -0.4 is 0 Å². The molecular formula is C3H12N3Zr. The van der Waals surface area contributed by atoms with Crippen LogP contribution in [0, 0.1) is 0 Å². The number of hydrogen-bond acceptors (Lipinski definition) is 0. The van der Waals surface area contributed by atoms with E-state index in [0.717, 1.165) is 0 Å². The Balaban J connectivity index is -0.00000000900. The first-order valence-electron chi connectivity index (χ1n) is 1.50. The van der Waals surface area contributed by atoms with Gasteiger partial charge in [-0.3, -0.25) is 0 Å². The van der Waals surface area contributed by atoms with Crippen LogP contribution in [0.1, 0.15) is 0 Å². The van der Waals surface area contributed by atoms with Crippen LogP contribution in [-0.2, 0) is 26.2 Å². The second-order valence-corrected chi connectivity index (χ2v) is 0. The van der Waals surface area contributed by atoms with Crippen molar-refractivity contribution >= 4 is 0 Å². The second-order valence-electron chi connectivity index (χ2n) is 0. The molecule has 0 aromatic heterocycles. The SMILES string of the molecule is C[NH-].C[NH-].C[NH-].[Zr+3]. The largest absolute Gasteiger partial charge is 3.00 e. The third-order valence-corrected chi connectivity index (χ3v) is 0. The van der Waals surface area contributed by atoms with Crippen molar-refractivity contribution in [1.29, 1.82) is 0 Å². The molecule has 3 N–H and O–H groups in total. The summed E-state index contributed by atoms with van der Waals surface area (Å²) in [6.07, 6.45) is 0. The molecule has 0 saturated carbocycles. The van der Waals surface area contributed by atoms with Gasteiger partial charge in [0.25, 0.3) is 0 Å². The summed E-state index contributed by atoms with van der Waals surface area (Å²) in [5.41, 5.74) is 17.2. The monoisotopic (exact) mass is 180 g/mol. The van der Waals surface area contributed by atoms with Crippen LogP contribution >= 0.6 is 0 Å². The number of nitrogens with one attached hydrogen (secondary N) is 3. The van der Waals surface area contributed by atoms with E-state index in [1.807, 2.05) is 0 Å². The molecule has 0 rings (SSSR count). The molecule has 4 heteroatoms. The topological polar surface area (TPSA) is 71.4 Å². The van der Waals surface area contributed by atoms with Crippen molar-refractivity contribution in [3.63, 3.8) is 0 Å². The minimum Gasteiger partial charge on any atom is -0.680 e. The van der Waals surface area contributed by atoms with E-state index in [2.05, 4.69) is 0 Å². The average molecular weight is 181 g/mol. The predicted octanol–water partition coefficient (Wildman–Crippen LogP) is 2.00. The van der Waals surface area contributed by atoms with Gasteiger partial charge in [-0.1, -0.05) is 0 Å². The maximum Gasteiger partial charge on any atom is 3.00 e. The van der Waals surface area contributed by atoms with Crippen LogP contribution in [0.25, 0.3) is 17.2 Å². The molecule has 0 aromatic rings. The normalized spacial score (nSPS) is 2.57. The fraction of sp³-hybridized carbons (Fsp3) is 1.00. The summed E-state index contributed by atoms with van der Waals surface area (Å²) in [6, 6.07) is 0. The molecule has 0 atom stereocenters. The summed E-state index contributed by atoms with van der Waals surface area (Å²) in [5.74, 6) is 0. The van der Waals surface area contributed by atoms with Gasteiger partial charge in [0.05, 0.1) is 0 Å². The van der Waals surface area contributed by atoms with Gasteiger partial charge in [0.15, 0.2) is 0 Å². The molecule has 43 valence electrons.